The molecular weight excluding hydrogens is 208 g/mol. The maximum Gasteiger partial charge on any atom is 0.330 e. The number of hydrogen-bond donors (Lipinski definition) is 0. The maximum atomic E-state index is 10.9. The van der Waals surface area contributed by atoms with Crippen molar-refractivity contribution < 1.29 is 19.1 Å². The molecule has 0 bridgehead atoms. The van der Waals surface area contributed by atoms with Crippen molar-refractivity contribution in [1.29, 1.82) is 0 Å². The Labute approximate surface area is 93.5 Å². The third kappa shape index (κ3) is 2.95. The number of aldehydes is 1. The van der Waals surface area contributed by atoms with E-state index >= 15 is 0 Å². The van der Waals surface area contributed by atoms with Gasteiger partial charge in [-0.25, -0.2) is 4.79 Å². The SMILES string of the molecule is COC(=O)C=Cc1cc(C=O)ccc1OC. The second-order valence-electron chi connectivity index (χ2n) is 2.98. The molecule has 0 spiro atoms. The van der Waals surface area contributed by atoms with Crippen LogP contribution in [0.4, 0.5) is 0 Å². The lowest BCUT2D eigenvalue weighted by atomic mass is 10.1. The van der Waals surface area contributed by atoms with E-state index in [0.717, 1.165) is 6.29 Å². The Morgan fingerprint density at radius 3 is 2.62 bits per heavy atom. The fourth-order valence-corrected chi connectivity index (χ4v) is 1.18. The molecule has 0 amide bonds. The molecule has 0 fully saturated rings. The molecule has 0 atom stereocenters. The second-order valence-corrected chi connectivity index (χ2v) is 2.98. The molecule has 1 rings (SSSR count). The van der Waals surface area contributed by atoms with Crippen LogP contribution in [0.1, 0.15) is 15.9 Å². The molecule has 0 aliphatic carbocycles. The standard InChI is InChI=1S/C12H12O4/c1-15-11-5-3-9(8-13)7-10(11)4-6-12(14)16-2/h3-8H,1-2H3. The van der Waals surface area contributed by atoms with Gasteiger partial charge in [0.1, 0.15) is 12.0 Å². The Hall–Kier alpha value is -2.10. The van der Waals surface area contributed by atoms with E-state index in [1.54, 1.807) is 18.2 Å². The van der Waals surface area contributed by atoms with Gasteiger partial charge in [0.25, 0.3) is 0 Å². The molecule has 0 saturated heterocycles. The van der Waals surface area contributed by atoms with Crippen molar-refractivity contribution in [3.8, 4) is 5.75 Å². The molecule has 0 saturated carbocycles. The first-order valence-corrected chi connectivity index (χ1v) is 4.60. The average Bonchev–Trinajstić information content (AvgIpc) is 2.35. The van der Waals surface area contributed by atoms with E-state index in [-0.39, 0.29) is 0 Å². The Kier molecular flexibility index (Phi) is 4.27. The van der Waals surface area contributed by atoms with Gasteiger partial charge in [-0.05, 0) is 24.3 Å². The molecule has 0 aromatic heterocycles. The maximum absolute atomic E-state index is 10.9. The highest BCUT2D eigenvalue weighted by Crippen LogP contribution is 2.20. The first-order chi connectivity index (χ1) is 7.71. The zero-order valence-electron chi connectivity index (χ0n) is 9.10. The Balaban J connectivity index is 3.04. The molecule has 0 aliphatic rings. The molecule has 16 heavy (non-hydrogen) atoms. The minimum Gasteiger partial charge on any atom is -0.496 e. The van der Waals surface area contributed by atoms with Gasteiger partial charge < -0.3 is 9.47 Å². The van der Waals surface area contributed by atoms with E-state index in [1.807, 2.05) is 0 Å². The van der Waals surface area contributed by atoms with Crippen molar-refractivity contribution in [2.24, 2.45) is 0 Å². The van der Waals surface area contributed by atoms with E-state index in [0.29, 0.717) is 16.9 Å². The van der Waals surface area contributed by atoms with Crippen LogP contribution < -0.4 is 4.74 Å². The van der Waals surface area contributed by atoms with Crippen molar-refractivity contribution in [3.05, 3.63) is 35.4 Å². The van der Waals surface area contributed by atoms with Crippen molar-refractivity contribution in [2.75, 3.05) is 14.2 Å². The lowest BCUT2D eigenvalue weighted by Crippen LogP contribution is -1.94. The van der Waals surface area contributed by atoms with Crippen LogP contribution >= 0.6 is 0 Å². The van der Waals surface area contributed by atoms with Gasteiger partial charge in [0.2, 0.25) is 0 Å². The number of benzene rings is 1. The molecule has 1 aromatic carbocycles. The van der Waals surface area contributed by atoms with Crippen molar-refractivity contribution in [1.82, 2.24) is 0 Å². The van der Waals surface area contributed by atoms with E-state index < -0.39 is 5.97 Å². The summed E-state index contributed by atoms with van der Waals surface area (Å²) in [5.74, 6) is 0.129. The third-order valence-electron chi connectivity index (χ3n) is 1.99. The van der Waals surface area contributed by atoms with Gasteiger partial charge in [-0.15, -0.1) is 0 Å². The first-order valence-electron chi connectivity index (χ1n) is 4.60. The monoisotopic (exact) mass is 220 g/mol. The smallest absolute Gasteiger partial charge is 0.330 e. The largest absolute Gasteiger partial charge is 0.496 e. The number of esters is 1. The van der Waals surface area contributed by atoms with Gasteiger partial charge in [0.15, 0.2) is 0 Å². The van der Waals surface area contributed by atoms with Gasteiger partial charge in [-0.2, -0.15) is 0 Å². The highest BCUT2D eigenvalue weighted by atomic mass is 16.5. The summed E-state index contributed by atoms with van der Waals surface area (Å²) in [6, 6.07) is 4.94. The molecule has 4 heteroatoms. The van der Waals surface area contributed by atoms with E-state index in [1.165, 1.54) is 26.4 Å². The van der Waals surface area contributed by atoms with Crippen LogP contribution in [-0.4, -0.2) is 26.5 Å². The van der Waals surface area contributed by atoms with Gasteiger partial charge in [0, 0.05) is 17.2 Å². The highest BCUT2D eigenvalue weighted by Gasteiger charge is 2.02. The van der Waals surface area contributed by atoms with Gasteiger partial charge in [-0.1, -0.05) is 0 Å². The fraction of sp³-hybridized carbons (Fsp3) is 0.167. The molecule has 4 nitrogen and oxygen atoms in total. The summed E-state index contributed by atoms with van der Waals surface area (Å²) < 4.78 is 9.56. The van der Waals surface area contributed by atoms with Crippen LogP contribution in [0, 0.1) is 0 Å². The number of rotatable bonds is 4. The van der Waals surface area contributed by atoms with Crippen LogP contribution in [0.15, 0.2) is 24.3 Å². The Morgan fingerprint density at radius 2 is 2.06 bits per heavy atom. The van der Waals surface area contributed by atoms with E-state index in [9.17, 15) is 9.59 Å². The predicted molar refractivity (Wildman–Crippen MR) is 59.4 cm³/mol. The van der Waals surface area contributed by atoms with Gasteiger partial charge in [0.05, 0.1) is 14.2 Å². The van der Waals surface area contributed by atoms with Crippen LogP contribution in [0.2, 0.25) is 0 Å². The van der Waals surface area contributed by atoms with E-state index in [2.05, 4.69) is 4.74 Å². The summed E-state index contributed by atoms with van der Waals surface area (Å²) >= 11 is 0. The number of methoxy groups -OCH3 is 2. The summed E-state index contributed by atoms with van der Waals surface area (Å²) in [5.41, 5.74) is 1.17. The molecule has 0 unspecified atom stereocenters. The zero-order chi connectivity index (χ0) is 12.0. The summed E-state index contributed by atoms with van der Waals surface area (Å²) in [6.45, 7) is 0. The first kappa shape index (κ1) is 12.0. The summed E-state index contributed by atoms with van der Waals surface area (Å²) in [7, 11) is 2.82. The molecule has 0 aliphatic heterocycles. The number of carbonyl (C=O) groups is 2. The lowest BCUT2D eigenvalue weighted by Gasteiger charge is -2.04. The second kappa shape index (κ2) is 5.70. The normalized spacial score (nSPS) is 10.1. The molecular formula is C12H12O4. The van der Waals surface area contributed by atoms with Crippen LogP contribution in [0.5, 0.6) is 5.75 Å². The predicted octanol–water partition coefficient (Wildman–Crippen LogP) is 1.69. The lowest BCUT2D eigenvalue weighted by molar-refractivity contribution is -0.134. The van der Waals surface area contributed by atoms with Crippen LogP contribution in [0.3, 0.4) is 0 Å². The van der Waals surface area contributed by atoms with Crippen molar-refractivity contribution in [3.63, 3.8) is 0 Å². The fourth-order valence-electron chi connectivity index (χ4n) is 1.18. The summed E-state index contributed by atoms with van der Waals surface area (Å²) in [6.07, 6.45) is 3.54. The minimum atomic E-state index is -0.460. The zero-order valence-corrected chi connectivity index (χ0v) is 9.10. The Morgan fingerprint density at radius 1 is 1.31 bits per heavy atom. The summed E-state index contributed by atoms with van der Waals surface area (Å²) in [4.78, 5) is 21.5. The molecule has 0 radical (unpaired) electrons. The number of ether oxygens (including phenoxy) is 2. The van der Waals surface area contributed by atoms with Crippen LogP contribution in [-0.2, 0) is 9.53 Å². The Bertz CT molecular complexity index is 421. The third-order valence-corrected chi connectivity index (χ3v) is 1.99. The van der Waals surface area contributed by atoms with Gasteiger partial charge >= 0.3 is 5.97 Å². The van der Waals surface area contributed by atoms with E-state index in [4.69, 9.17) is 4.74 Å². The van der Waals surface area contributed by atoms with Crippen molar-refractivity contribution >= 4 is 18.3 Å². The number of hydrogen-bond acceptors (Lipinski definition) is 4. The molecule has 0 heterocycles. The summed E-state index contributed by atoms with van der Waals surface area (Å²) in [5, 5.41) is 0. The van der Waals surface area contributed by atoms with Crippen molar-refractivity contribution in [2.45, 2.75) is 0 Å². The van der Waals surface area contributed by atoms with Gasteiger partial charge in [-0.3, -0.25) is 4.79 Å². The molecule has 0 N–H and O–H groups in total. The quantitative estimate of drug-likeness (QED) is 0.440. The number of carbonyl (C=O) groups excluding carboxylic acids is 2. The minimum absolute atomic E-state index is 0.460. The average molecular weight is 220 g/mol. The molecule has 84 valence electrons. The molecule has 1 aromatic rings. The highest BCUT2D eigenvalue weighted by molar-refractivity contribution is 5.88. The topological polar surface area (TPSA) is 52.6 Å². The van der Waals surface area contributed by atoms with Crippen LogP contribution in [0.25, 0.3) is 6.08 Å².